The number of pyridine rings is 1. The molecular weight excluding hydrogens is 213 g/mol. The lowest BCUT2D eigenvalue weighted by Gasteiger charge is -2.09. The van der Waals surface area contributed by atoms with Crippen LogP contribution in [0.3, 0.4) is 0 Å². The molecule has 0 atom stereocenters. The summed E-state index contributed by atoms with van der Waals surface area (Å²) in [5, 5.41) is 0. The van der Waals surface area contributed by atoms with Crippen LogP contribution in [0.4, 0.5) is 18.9 Å². The first-order valence-corrected chi connectivity index (χ1v) is 3.82. The Kier molecular flexibility index (Phi) is 3.13. The third-order valence-corrected chi connectivity index (χ3v) is 1.62. The van der Waals surface area contributed by atoms with Gasteiger partial charge in [0.1, 0.15) is 12.3 Å². The summed E-state index contributed by atoms with van der Waals surface area (Å²) in [4.78, 5) is 13.3. The fourth-order valence-electron chi connectivity index (χ4n) is 0.899. The van der Waals surface area contributed by atoms with E-state index in [0.717, 1.165) is 6.07 Å². The number of aromatic nitrogens is 1. The number of ether oxygens (including phenoxy) is 1. The van der Waals surface area contributed by atoms with Crippen LogP contribution < -0.4 is 5.73 Å². The Labute approximate surface area is 82.9 Å². The highest BCUT2D eigenvalue weighted by atomic mass is 19.4. The van der Waals surface area contributed by atoms with Gasteiger partial charge in [-0.05, 0) is 6.07 Å². The zero-order valence-electron chi connectivity index (χ0n) is 7.41. The Hall–Kier alpha value is -1.79. The number of nitrogens with two attached hydrogens (primary N) is 1. The number of rotatable bonds is 3. The molecule has 0 amide bonds. The van der Waals surface area contributed by atoms with Gasteiger partial charge in [-0.1, -0.05) is 0 Å². The number of anilines is 1. The third-order valence-electron chi connectivity index (χ3n) is 1.62. The van der Waals surface area contributed by atoms with Crippen LogP contribution in [-0.2, 0) is 22.3 Å². The van der Waals surface area contributed by atoms with Gasteiger partial charge >= 0.3 is 6.18 Å². The lowest BCUT2D eigenvalue weighted by molar-refractivity contribution is -0.138. The molecule has 0 unspecified atom stereocenters. The first-order chi connectivity index (χ1) is 6.95. The minimum atomic E-state index is -4.48. The van der Waals surface area contributed by atoms with Crippen molar-refractivity contribution in [2.45, 2.75) is 12.8 Å². The summed E-state index contributed by atoms with van der Waals surface area (Å²) in [5.41, 5.74) is 4.30. The lowest BCUT2D eigenvalue weighted by atomic mass is 10.2. The summed E-state index contributed by atoms with van der Waals surface area (Å²) < 4.78 is 40.8. The molecule has 0 fully saturated rings. The maximum atomic E-state index is 12.2. The maximum absolute atomic E-state index is 12.2. The summed E-state index contributed by atoms with van der Waals surface area (Å²) in [5.74, 6) is 0. The molecule has 0 aliphatic carbocycles. The first kappa shape index (κ1) is 11.3. The van der Waals surface area contributed by atoms with Gasteiger partial charge in [-0.3, -0.25) is 9.78 Å². The van der Waals surface area contributed by atoms with Crippen molar-refractivity contribution in [1.29, 1.82) is 0 Å². The number of hydrogen-bond donors (Lipinski definition) is 1. The number of halogens is 3. The molecule has 0 bridgehead atoms. The Morgan fingerprint density at radius 2 is 2.20 bits per heavy atom. The molecular formula is C8H7F3N2O2. The Bertz CT molecular complexity index is 365. The summed E-state index contributed by atoms with van der Waals surface area (Å²) in [6, 6.07) is 0.747. The second kappa shape index (κ2) is 4.16. The zero-order valence-corrected chi connectivity index (χ0v) is 7.41. The highest BCUT2D eigenvalue weighted by Gasteiger charge is 2.31. The van der Waals surface area contributed by atoms with E-state index in [4.69, 9.17) is 5.73 Å². The number of carbonyl (C=O) groups excluding carboxylic acids is 1. The van der Waals surface area contributed by atoms with Gasteiger partial charge in [0.15, 0.2) is 0 Å². The molecule has 0 aromatic carbocycles. The van der Waals surface area contributed by atoms with Crippen LogP contribution in [0.5, 0.6) is 0 Å². The highest BCUT2D eigenvalue weighted by molar-refractivity contribution is 5.46. The van der Waals surface area contributed by atoms with Crippen molar-refractivity contribution in [2.75, 3.05) is 5.73 Å². The van der Waals surface area contributed by atoms with E-state index in [1.807, 2.05) is 0 Å². The van der Waals surface area contributed by atoms with Crippen molar-refractivity contribution in [3.63, 3.8) is 0 Å². The van der Waals surface area contributed by atoms with E-state index in [-0.39, 0.29) is 24.5 Å². The molecule has 0 saturated carbocycles. The standard InChI is InChI=1S/C8H7F3N2O2/c9-8(10,11)5-1-6(12)7(13-2-5)3-15-4-14/h1-2,4H,3,12H2. The fourth-order valence-corrected chi connectivity index (χ4v) is 0.899. The van der Waals surface area contributed by atoms with Crippen LogP contribution in [0.2, 0.25) is 0 Å². The molecule has 2 N–H and O–H groups in total. The lowest BCUT2D eigenvalue weighted by Crippen LogP contribution is -2.09. The van der Waals surface area contributed by atoms with Crippen molar-refractivity contribution < 1.29 is 22.7 Å². The fraction of sp³-hybridized carbons (Fsp3) is 0.250. The largest absolute Gasteiger partial charge is 0.461 e. The van der Waals surface area contributed by atoms with Gasteiger partial charge in [-0.15, -0.1) is 0 Å². The predicted octanol–water partition coefficient (Wildman–Crippen LogP) is 1.36. The second-order valence-electron chi connectivity index (χ2n) is 2.66. The molecule has 0 radical (unpaired) electrons. The van der Waals surface area contributed by atoms with Crippen LogP contribution in [0, 0.1) is 0 Å². The molecule has 0 aliphatic rings. The van der Waals surface area contributed by atoms with Gasteiger partial charge in [0.25, 0.3) is 6.47 Å². The summed E-state index contributed by atoms with van der Waals surface area (Å²) in [6.45, 7) is -0.0771. The van der Waals surface area contributed by atoms with E-state index in [1.165, 1.54) is 0 Å². The van der Waals surface area contributed by atoms with Crippen LogP contribution in [0.15, 0.2) is 12.3 Å². The Balaban J connectivity index is 2.93. The molecule has 0 spiro atoms. The number of hydrogen-bond acceptors (Lipinski definition) is 4. The monoisotopic (exact) mass is 220 g/mol. The molecule has 1 aromatic rings. The zero-order chi connectivity index (χ0) is 11.5. The molecule has 0 saturated heterocycles. The normalized spacial score (nSPS) is 11.1. The topological polar surface area (TPSA) is 65.2 Å². The average molecular weight is 220 g/mol. The van der Waals surface area contributed by atoms with E-state index in [0.29, 0.717) is 6.20 Å². The van der Waals surface area contributed by atoms with Crippen LogP contribution in [0.1, 0.15) is 11.3 Å². The van der Waals surface area contributed by atoms with Crippen molar-refractivity contribution in [3.05, 3.63) is 23.5 Å². The van der Waals surface area contributed by atoms with Crippen LogP contribution >= 0.6 is 0 Å². The molecule has 15 heavy (non-hydrogen) atoms. The van der Waals surface area contributed by atoms with E-state index in [9.17, 15) is 18.0 Å². The molecule has 1 rings (SSSR count). The first-order valence-electron chi connectivity index (χ1n) is 3.82. The SMILES string of the molecule is Nc1cc(C(F)(F)F)cnc1COC=O. The molecule has 0 aliphatic heterocycles. The molecule has 1 heterocycles. The molecule has 1 aromatic heterocycles. The Morgan fingerprint density at radius 3 is 2.67 bits per heavy atom. The third kappa shape index (κ3) is 2.83. The van der Waals surface area contributed by atoms with Crippen molar-refractivity contribution in [3.8, 4) is 0 Å². The smallest absolute Gasteiger partial charge is 0.417 e. The minimum Gasteiger partial charge on any atom is -0.461 e. The molecule has 7 heteroatoms. The molecule has 4 nitrogen and oxygen atoms in total. The number of nitrogen functional groups attached to an aromatic ring is 1. The quantitative estimate of drug-likeness (QED) is 0.781. The summed E-state index contributed by atoms with van der Waals surface area (Å²) in [6.07, 6.45) is -3.84. The van der Waals surface area contributed by atoms with Crippen molar-refractivity contribution in [2.24, 2.45) is 0 Å². The van der Waals surface area contributed by atoms with Gasteiger partial charge in [0.2, 0.25) is 0 Å². The highest BCUT2D eigenvalue weighted by Crippen LogP contribution is 2.30. The van der Waals surface area contributed by atoms with Crippen LogP contribution in [-0.4, -0.2) is 11.5 Å². The van der Waals surface area contributed by atoms with Crippen LogP contribution in [0.25, 0.3) is 0 Å². The Morgan fingerprint density at radius 1 is 1.53 bits per heavy atom. The van der Waals surface area contributed by atoms with E-state index >= 15 is 0 Å². The number of carbonyl (C=O) groups is 1. The number of alkyl halides is 3. The van der Waals surface area contributed by atoms with Gasteiger partial charge < -0.3 is 10.5 Å². The minimum absolute atomic E-state index is 0.0927. The summed E-state index contributed by atoms with van der Waals surface area (Å²) in [7, 11) is 0. The molecule has 82 valence electrons. The van der Waals surface area contributed by atoms with E-state index in [1.54, 1.807) is 0 Å². The average Bonchev–Trinajstić information content (AvgIpc) is 2.14. The van der Waals surface area contributed by atoms with E-state index < -0.39 is 11.7 Å². The van der Waals surface area contributed by atoms with Crippen molar-refractivity contribution in [1.82, 2.24) is 4.98 Å². The van der Waals surface area contributed by atoms with Crippen molar-refractivity contribution >= 4 is 12.2 Å². The van der Waals surface area contributed by atoms with Gasteiger partial charge in [0.05, 0.1) is 11.3 Å². The van der Waals surface area contributed by atoms with Gasteiger partial charge in [0, 0.05) is 6.20 Å². The second-order valence-corrected chi connectivity index (χ2v) is 2.66. The number of nitrogens with zero attached hydrogens (tertiary/aromatic N) is 1. The van der Waals surface area contributed by atoms with Gasteiger partial charge in [-0.25, -0.2) is 0 Å². The van der Waals surface area contributed by atoms with Gasteiger partial charge in [-0.2, -0.15) is 13.2 Å². The summed E-state index contributed by atoms with van der Waals surface area (Å²) >= 11 is 0. The predicted molar refractivity (Wildman–Crippen MR) is 44.5 cm³/mol. The maximum Gasteiger partial charge on any atom is 0.417 e. The van der Waals surface area contributed by atoms with E-state index in [2.05, 4.69) is 9.72 Å².